The number of hydrogen-bond donors (Lipinski definition) is 0. The highest BCUT2D eigenvalue weighted by molar-refractivity contribution is 7.98. The molecule has 2 saturated heterocycles. The minimum absolute atomic E-state index is 0.807. The molecule has 0 spiro atoms. The minimum atomic E-state index is 0.807. The summed E-state index contributed by atoms with van der Waals surface area (Å²) >= 11 is 1.84. The van der Waals surface area contributed by atoms with E-state index in [0.29, 0.717) is 0 Å². The molecule has 1 aromatic rings. The van der Waals surface area contributed by atoms with Gasteiger partial charge in [0.1, 0.15) is 0 Å². The van der Waals surface area contributed by atoms with Crippen LogP contribution in [0, 0.1) is 5.92 Å². The van der Waals surface area contributed by atoms with Crippen molar-refractivity contribution in [2.75, 3.05) is 25.9 Å². The number of hydrogen-bond acceptors (Lipinski definition) is 3. The van der Waals surface area contributed by atoms with Crippen molar-refractivity contribution in [3.63, 3.8) is 0 Å². The molecule has 1 aliphatic carbocycles. The molecule has 0 bridgehead atoms. The van der Waals surface area contributed by atoms with Gasteiger partial charge in [0.05, 0.1) is 0 Å². The summed E-state index contributed by atoms with van der Waals surface area (Å²) in [6, 6.07) is 10.9. The van der Waals surface area contributed by atoms with E-state index in [1.165, 1.54) is 75.0 Å². The zero-order chi connectivity index (χ0) is 16.4. The van der Waals surface area contributed by atoms with Gasteiger partial charge < -0.3 is 0 Å². The third-order valence-corrected chi connectivity index (χ3v) is 7.33. The van der Waals surface area contributed by atoms with E-state index >= 15 is 0 Å². The first-order valence-corrected chi connectivity index (χ1v) is 11.2. The van der Waals surface area contributed by atoms with Crippen LogP contribution in [0.2, 0.25) is 0 Å². The summed E-state index contributed by atoms with van der Waals surface area (Å²) in [6.07, 6.45) is 12.3. The molecule has 2 atom stereocenters. The lowest BCUT2D eigenvalue weighted by Crippen LogP contribution is -2.59. The van der Waals surface area contributed by atoms with Gasteiger partial charge in [-0.15, -0.1) is 11.8 Å². The van der Waals surface area contributed by atoms with Crippen molar-refractivity contribution in [3.05, 3.63) is 29.8 Å². The van der Waals surface area contributed by atoms with Gasteiger partial charge in [0.2, 0.25) is 0 Å². The van der Waals surface area contributed by atoms with E-state index in [1.54, 1.807) is 0 Å². The van der Waals surface area contributed by atoms with Gasteiger partial charge in [-0.05, 0) is 62.1 Å². The summed E-state index contributed by atoms with van der Waals surface area (Å²) in [4.78, 5) is 7.05. The van der Waals surface area contributed by atoms with Crippen molar-refractivity contribution in [1.82, 2.24) is 9.80 Å². The average Bonchev–Trinajstić information content (AvgIpc) is 3.11. The van der Waals surface area contributed by atoms with Crippen LogP contribution in [-0.4, -0.2) is 47.8 Å². The molecular weight excluding hydrogens is 312 g/mol. The Labute approximate surface area is 152 Å². The highest BCUT2D eigenvalue weighted by Gasteiger charge is 2.42. The summed E-state index contributed by atoms with van der Waals surface area (Å²) in [5.41, 5.74) is 1.50. The lowest BCUT2D eigenvalue weighted by atomic mass is 9.78. The third kappa shape index (κ3) is 3.54. The maximum atomic E-state index is 2.86. The van der Waals surface area contributed by atoms with Crippen molar-refractivity contribution in [3.8, 4) is 0 Å². The van der Waals surface area contributed by atoms with E-state index in [1.807, 2.05) is 11.8 Å². The summed E-state index contributed by atoms with van der Waals surface area (Å²) in [5, 5.41) is 0. The quantitative estimate of drug-likeness (QED) is 0.735. The number of fused-ring (bicyclic) bond motifs is 1. The molecule has 3 heteroatoms. The first-order valence-electron chi connectivity index (χ1n) is 9.96. The van der Waals surface area contributed by atoms with E-state index in [0.717, 1.165) is 24.5 Å². The summed E-state index contributed by atoms with van der Waals surface area (Å²) < 4.78 is 0. The number of piperazine rings is 1. The molecule has 3 fully saturated rings. The topological polar surface area (TPSA) is 6.48 Å². The highest BCUT2D eigenvalue weighted by Crippen LogP contribution is 2.38. The predicted octanol–water partition coefficient (Wildman–Crippen LogP) is 4.64. The monoisotopic (exact) mass is 344 g/mol. The standard InChI is InChI=1S/C21H32N2S/c1-24-19-11-9-17(10-12-19)16-23-15-14-22-13-5-8-20(22)21(23)18-6-3-2-4-7-18/h9-12,18,20-21H,2-8,13-16H2,1H3/t20-,21-/m1/s1. The van der Waals surface area contributed by atoms with Crippen LogP contribution in [0.4, 0.5) is 0 Å². The molecule has 0 aromatic heterocycles. The Hall–Kier alpha value is -0.510. The molecule has 4 rings (SSSR count). The van der Waals surface area contributed by atoms with E-state index in [2.05, 4.69) is 40.3 Å². The van der Waals surface area contributed by atoms with Crippen LogP contribution < -0.4 is 0 Å². The largest absolute Gasteiger partial charge is 0.298 e. The Morgan fingerprint density at radius 2 is 1.71 bits per heavy atom. The second kappa shape index (κ2) is 7.80. The first-order chi connectivity index (χ1) is 11.8. The maximum Gasteiger partial charge on any atom is 0.0283 e. The van der Waals surface area contributed by atoms with Crippen molar-refractivity contribution in [2.24, 2.45) is 5.92 Å². The Morgan fingerprint density at radius 1 is 0.917 bits per heavy atom. The number of benzene rings is 1. The fourth-order valence-corrected chi connectivity index (χ4v) is 5.81. The van der Waals surface area contributed by atoms with Crippen LogP contribution in [0.25, 0.3) is 0 Å². The van der Waals surface area contributed by atoms with Crippen molar-refractivity contribution in [1.29, 1.82) is 0 Å². The highest BCUT2D eigenvalue weighted by atomic mass is 32.2. The Morgan fingerprint density at radius 3 is 2.46 bits per heavy atom. The molecule has 1 aromatic carbocycles. The second-order valence-electron chi connectivity index (χ2n) is 7.95. The molecular formula is C21H32N2S. The molecule has 132 valence electrons. The van der Waals surface area contributed by atoms with Gasteiger partial charge in [-0.1, -0.05) is 31.4 Å². The van der Waals surface area contributed by atoms with Gasteiger partial charge >= 0.3 is 0 Å². The third-order valence-electron chi connectivity index (χ3n) is 6.58. The smallest absolute Gasteiger partial charge is 0.0283 e. The zero-order valence-corrected chi connectivity index (χ0v) is 15.9. The van der Waals surface area contributed by atoms with Crippen LogP contribution in [0.15, 0.2) is 29.2 Å². The Bertz CT molecular complexity index is 523. The molecule has 0 amide bonds. The van der Waals surface area contributed by atoms with E-state index < -0.39 is 0 Å². The Kier molecular flexibility index (Phi) is 5.50. The molecule has 0 radical (unpaired) electrons. The van der Waals surface area contributed by atoms with Crippen molar-refractivity contribution >= 4 is 11.8 Å². The number of thioether (sulfide) groups is 1. The van der Waals surface area contributed by atoms with Gasteiger partial charge in [-0.3, -0.25) is 9.80 Å². The van der Waals surface area contributed by atoms with E-state index in [4.69, 9.17) is 0 Å². The minimum Gasteiger partial charge on any atom is -0.298 e. The second-order valence-corrected chi connectivity index (χ2v) is 8.83. The van der Waals surface area contributed by atoms with Crippen molar-refractivity contribution in [2.45, 2.75) is 68.5 Å². The van der Waals surface area contributed by atoms with Crippen LogP contribution in [0.3, 0.4) is 0 Å². The van der Waals surface area contributed by atoms with Crippen LogP contribution in [0.1, 0.15) is 50.5 Å². The summed E-state index contributed by atoms with van der Waals surface area (Å²) in [5.74, 6) is 0.940. The fourth-order valence-electron chi connectivity index (χ4n) is 5.40. The molecule has 24 heavy (non-hydrogen) atoms. The lowest BCUT2D eigenvalue weighted by molar-refractivity contribution is -0.00380. The SMILES string of the molecule is CSc1ccc(CN2CCN3CCC[C@@H]3[C@H]2C2CCCCC2)cc1. The average molecular weight is 345 g/mol. The van der Waals surface area contributed by atoms with Crippen LogP contribution in [-0.2, 0) is 6.54 Å². The molecule has 0 N–H and O–H groups in total. The van der Waals surface area contributed by atoms with Gasteiger partial charge in [0, 0.05) is 36.6 Å². The van der Waals surface area contributed by atoms with Gasteiger partial charge in [-0.2, -0.15) is 0 Å². The predicted molar refractivity (Wildman–Crippen MR) is 104 cm³/mol. The number of rotatable bonds is 4. The molecule has 1 saturated carbocycles. The van der Waals surface area contributed by atoms with Gasteiger partial charge in [0.25, 0.3) is 0 Å². The van der Waals surface area contributed by atoms with E-state index in [9.17, 15) is 0 Å². The molecule has 2 aliphatic heterocycles. The van der Waals surface area contributed by atoms with Crippen molar-refractivity contribution < 1.29 is 0 Å². The molecule has 3 aliphatic rings. The normalized spacial score (nSPS) is 29.7. The van der Waals surface area contributed by atoms with Gasteiger partial charge in [0.15, 0.2) is 0 Å². The molecule has 2 nitrogen and oxygen atoms in total. The summed E-state index contributed by atoms with van der Waals surface area (Å²) in [7, 11) is 0. The number of nitrogens with zero attached hydrogens (tertiary/aromatic N) is 2. The molecule has 0 unspecified atom stereocenters. The fraction of sp³-hybridized carbons (Fsp3) is 0.714. The maximum absolute atomic E-state index is 2.86. The first kappa shape index (κ1) is 16.9. The van der Waals surface area contributed by atoms with Crippen LogP contribution in [0.5, 0.6) is 0 Å². The molecule has 2 heterocycles. The van der Waals surface area contributed by atoms with Crippen LogP contribution >= 0.6 is 11.8 Å². The Balaban J connectivity index is 1.52. The van der Waals surface area contributed by atoms with E-state index in [-0.39, 0.29) is 0 Å². The zero-order valence-electron chi connectivity index (χ0n) is 15.1. The summed E-state index contributed by atoms with van der Waals surface area (Å²) in [6.45, 7) is 5.06. The van der Waals surface area contributed by atoms with Gasteiger partial charge in [-0.25, -0.2) is 0 Å². The lowest BCUT2D eigenvalue weighted by Gasteiger charge is -2.49.